The Morgan fingerprint density at radius 1 is 1.32 bits per heavy atom. The van der Waals surface area contributed by atoms with Gasteiger partial charge in [0.1, 0.15) is 37.2 Å². The van der Waals surface area contributed by atoms with Crippen molar-refractivity contribution < 1.29 is 28.9 Å². The highest BCUT2D eigenvalue weighted by atomic mass is 19.1. The predicted octanol–water partition coefficient (Wildman–Crippen LogP) is 2.23. The number of nitrogens with one attached hydrogen (secondary N) is 1. The number of aliphatic carboxylic acids is 1. The van der Waals surface area contributed by atoms with Crippen molar-refractivity contribution >= 4 is 11.9 Å². The molecule has 0 spiro atoms. The summed E-state index contributed by atoms with van der Waals surface area (Å²) in [5.74, 6) is -1.63. The Hall–Kier alpha value is -2.84. The Labute approximate surface area is 162 Å². The van der Waals surface area contributed by atoms with Crippen molar-refractivity contribution in [2.75, 3.05) is 13.3 Å². The molecule has 1 amide bonds. The zero-order valence-electron chi connectivity index (χ0n) is 15.8. The van der Waals surface area contributed by atoms with Crippen LogP contribution in [-0.2, 0) is 16.0 Å². The number of carboxylic acid groups (broad SMARTS) is 1. The summed E-state index contributed by atoms with van der Waals surface area (Å²) in [4.78, 5) is 26.3. The van der Waals surface area contributed by atoms with Crippen LogP contribution in [0.15, 0.2) is 29.4 Å². The summed E-state index contributed by atoms with van der Waals surface area (Å²) in [7, 11) is 0. The van der Waals surface area contributed by atoms with Gasteiger partial charge in [-0.2, -0.15) is 0 Å². The van der Waals surface area contributed by atoms with Gasteiger partial charge < -0.3 is 20.3 Å². The number of hydrogen-bond donors (Lipinski definition) is 3. The number of nitrogens with zero attached hydrogens (tertiary/aromatic N) is 3. The number of ether oxygens (including phenoxy) is 1. The van der Waals surface area contributed by atoms with Gasteiger partial charge in [-0.3, -0.25) is 4.79 Å². The largest absolute Gasteiger partial charge is 0.491 e. The van der Waals surface area contributed by atoms with E-state index in [-0.39, 0.29) is 18.9 Å². The van der Waals surface area contributed by atoms with E-state index in [0.717, 1.165) is 5.56 Å². The van der Waals surface area contributed by atoms with Crippen LogP contribution in [0.5, 0.6) is 5.75 Å². The fourth-order valence-electron chi connectivity index (χ4n) is 2.36. The zero-order chi connectivity index (χ0) is 21.1. The van der Waals surface area contributed by atoms with E-state index in [1.807, 2.05) is 0 Å². The lowest BCUT2D eigenvalue weighted by Crippen LogP contribution is -2.46. The van der Waals surface area contributed by atoms with E-state index < -0.39 is 36.7 Å². The average molecular weight is 396 g/mol. The minimum absolute atomic E-state index is 0.142. The average Bonchev–Trinajstić information content (AvgIpc) is 2.67. The fraction of sp³-hybridized carbons (Fsp3) is 0.556. The molecule has 28 heavy (non-hydrogen) atoms. The predicted molar refractivity (Wildman–Crippen MR) is 99.6 cm³/mol. The van der Waals surface area contributed by atoms with Crippen LogP contribution in [-0.4, -0.2) is 53.6 Å². The number of carbonyl (C=O) groups excluding carboxylic acids is 1. The Bertz CT molecular complexity index is 692. The molecule has 9 nitrogen and oxygen atoms in total. The topological polar surface area (TPSA) is 145 Å². The number of hydrogen-bond acceptors (Lipinski definition) is 5. The number of rotatable bonds is 12. The number of aryl methyl sites for hydroxylation is 1. The van der Waals surface area contributed by atoms with Crippen molar-refractivity contribution in [2.24, 2.45) is 11.0 Å². The molecule has 1 rings (SSSR count). The molecule has 10 heteroatoms. The minimum Gasteiger partial charge on any atom is -0.491 e. The van der Waals surface area contributed by atoms with Crippen LogP contribution in [0.3, 0.4) is 0 Å². The number of benzene rings is 1. The lowest BCUT2D eigenvalue weighted by atomic mass is 10.0. The van der Waals surface area contributed by atoms with Gasteiger partial charge in [0, 0.05) is 4.91 Å². The number of amides is 1. The highest BCUT2D eigenvalue weighted by Crippen LogP contribution is 2.15. The van der Waals surface area contributed by atoms with Gasteiger partial charge in [0.2, 0.25) is 5.91 Å². The molecule has 3 atom stereocenters. The lowest BCUT2D eigenvalue weighted by molar-refractivity contribution is -0.142. The third-order valence-electron chi connectivity index (χ3n) is 3.96. The van der Waals surface area contributed by atoms with E-state index in [1.54, 1.807) is 38.1 Å². The molecule has 0 radical (unpaired) electrons. The van der Waals surface area contributed by atoms with Gasteiger partial charge in [-0.15, -0.1) is 0 Å². The molecule has 0 fully saturated rings. The van der Waals surface area contributed by atoms with Crippen LogP contribution in [0.2, 0.25) is 0 Å². The maximum atomic E-state index is 12.2. The third-order valence-corrected chi connectivity index (χ3v) is 3.96. The molecule has 154 valence electrons. The molecule has 3 N–H and O–H groups in total. The molecule has 0 aliphatic carbocycles. The van der Waals surface area contributed by atoms with Crippen LogP contribution in [0.25, 0.3) is 10.4 Å². The maximum Gasteiger partial charge on any atom is 0.326 e. The monoisotopic (exact) mass is 396 g/mol. The van der Waals surface area contributed by atoms with Crippen molar-refractivity contribution in [3.8, 4) is 5.75 Å². The number of azide groups is 1. The summed E-state index contributed by atoms with van der Waals surface area (Å²) < 4.78 is 17.4. The first kappa shape index (κ1) is 23.2. The van der Waals surface area contributed by atoms with Crippen LogP contribution in [0, 0.1) is 5.92 Å². The molecular weight excluding hydrogens is 371 g/mol. The van der Waals surface area contributed by atoms with E-state index in [2.05, 4.69) is 15.3 Å². The van der Waals surface area contributed by atoms with Gasteiger partial charge in [-0.05, 0) is 42.0 Å². The Morgan fingerprint density at radius 2 is 1.96 bits per heavy atom. The highest BCUT2D eigenvalue weighted by Gasteiger charge is 2.26. The summed E-state index contributed by atoms with van der Waals surface area (Å²) >= 11 is 0. The first-order valence-electron chi connectivity index (χ1n) is 8.81. The summed E-state index contributed by atoms with van der Waals surface area (Å²) in [5.41, 5.74) is 9.37. The lowest BCUT2D eigenvalue weighted by Gasteiger charge is -2.19. The molecule has 0 aromatic heterocycles. The van der Waals surface area contributed by atoms with Gasteiger partial charge in [0.25, 0.3) is 0 Å². The molecule has 0 aliphatic rings. The standard InChI is InChI=1S/C18H25FN4O5/c1-11(2)16(22-23-20)17(25)21-15(18(26)27)8-5-12-3-6-14(7-4-12)28-10-13(24)9-19/h3-4,6-7,11,13,15-16,24H,5,8-10H2,1-2H3,(H,21,25)(H,26,27)/t13?,15?,16-/m0/s1. The van der Waals surface area contributed by atoms with Crippen molar-refractivity contribution in [3.63, 3.8) is 0 Å². The second-order valence-corrected chi connectivity index (χ2v) is 6.59. The highest BCUT2D eigenvalue weighted by molar-refractivity contribution is 5.87. The van der Waals surface area contributed by atoms with E-state index in [0.29, 0.717) is 12.2 Å². The van der Waals surface area contributed by atoms with Crippen LogP contribution in [0.1, 0.15) is 25.8 Å². The number of alkyl halides is 1. The molecule has 0 saturated carbocycles. The third kappa shape index (κ3) is 7.81. The van der Waals surface area contributed by atoms with E-state index in [4.69, 9.17) is 15.4 Å². The smallest absolute Gasteiger partial charge is 0.326 e. The van der Waals surface area contributed by atoms with Gasteiger partial charge in [0.15, 0.2) is 0 Å². The molecule has 0 aliphatic heterocycles. The maximum absolute atomic E-state index is 12.2. The number of aliphatic hydroxyl groups excluding tert-OH is 1. The normalized spacial score (nSPS) is 13.9. The second kappa shape index (κ2) is 11.8. The molecule has 1 aromatic carbocycles. The molecule has 0 heterocycles. The van der Waals surface area contributed by atoms with Crippen LogP contribution < -0.4 is 10.1 Å². The molecular formula is C18H25FN4O5. The number of aliphatic hydroxyl groups is 1. The summed E-state index contributed by atoms with van der Waals surface area (Å²) in [6.07, 6.45) is -0.666. The Morgan fingerprint density at radius 3 is 2.46 bits per heavy atom. The van der Waals surface area contributed by atoms with Crippen LogP contribution in [0.4, 0.5) is 4.39 Å². The first-order valence-corrected chi connectivity index (χ1v) is 8.81. The van der Waals surface area contributed by atoms with E-state index in [1.165, 1.54) is 0 Å². The second-order valence-electron chi connectivity index (χ2n) is 6.59. The van der Waals surface area contributed by atoms with Crippen LogP contribution >= 0.6 is 0 Å². The molecule has 0 bridgehead atoms. The quantitative estimate of drug-likeness (QED) is 0.282. The minimum atomic E-state index is -1.18. The SMILES string of the molecule is CC(C)[C@H](N=[N+]=[N-])C(=O)NC(CCc1ccc(OCC(O)CF)cc1)C(=O)O. The number of carboxylic acids is 1. The van der Waals surface area contributed by atoms with Gasteiger partial charge >= 0.3 is 5.97 Å². The first-order chi connectivity index (χ1) is 13.3. The summed E-state index contributed by atoms with van der Waals surface area (Å²) in [6.45, 7) is 2.35. The van der Waals surface area contributed by atoms with Crippen molar-refractivity contribution in [1.29, 1.82) is 0 Å². The van der Waals surface area contributed by atoms with Gasteiger partial charge in [-0.1, -0.05) is 31.1 Å². The van der Waals surface area contributed by atoms with Crippen molar-refractivity contribution in [1.82, 2.24) is 5.32 Å². The zero-order valence-corrected chi connectivity index (χ0v) is 15.8. The Kier molecular flexibility index (Phi) is 9.76. The van der Waals surface area contributed by atoms with E-state index >= 15 is 0 Å². The molecule has 2 unspecified atom stereocenters. The number of halogens is 1. The fourth-order valence-corrected chi connectivity index (χ4v) is 2.36. The summed E-state index contributed by atoms with van der Waals surface area (Å²) in [6, 6.07) is 4.58. The van der Waals surface area contributed by atoms with Gasteiger partial charge in [0.05, 0.1) is 0 Å². The van der Waals surface area contributed by atoms with Crippen molar-refractivity contribution in [2.45, 2.75) is 44.9 Å². The summed E-state index contributed by atoms with van der Waals surface area (Å²) in [5, 5.41) is 24.3. The molecule has 1 aromatic rings. The van der Waals surface area contributed by atoms with Gasteiger partial charge in [-0.25, -0.2) is 9.18 Å². The van der Waals surface area contributed by atoms with Crippen molar-refractivity contribution in [3.05, 3.63) is 40.3 Å². The molecule has 0 saturated heterocycles. The van der Waals surface area contributed by atoms with E-state index in [9.17, 15) is 19.1 Å². The Balaban J connectivity index is 2.64. The number of carbonyl (C=O) groups is 2.